The minimum absolute atomic E-state index is 0.110. The summed E-state index contributed by atoms with van der Waals surface area (Å²) >= 11 is 1.67. The van der Waals surface area contributed by atoms with Gasteiger partial charge in [-0.15, -0.1) is 11.3 Å². The fourth-order valence-electron chi connectivity index (χ4n) is 2.97. The highest BCUT2D eigenvalue weighted by Crippen LogP contribution is 2.36. The Labute approximate surface area is 127 Å². The number of H-pyrrole nitrogens is 1. The minimum atomic E-state index is -0.384. The van der Waals surface area contributed by atoms with E-state index in [2.05, 4.69) is 11.1 Å². The van der Waals surface area contributed by atoms with Gasteiger partial charge in [-0.1, -0.05) is 6.07 Å². The molecule has 0 radical (unpaired) electrons. The Morgan fingerprint density at radius 2 is 2.29 bits per heavy atom. The number of aromatic amines is 1. The van der Waals surface area contributed by atoms with E-state index in [0.717, 1.165) is 17.7 Å². The van der Waals surface area contributed by atoms with Crippen LogP contribution in [0.15, 0.2) is 17.5 Å². The van der Waals surface area contributed by atoms with Crippen LogP contribution in [0, 0.1) is 6.92 Å². The molecule has 0 saturated carbocycles. The highest BCUT2D eigenvalue weighted by Gasteiger charge is 2.32. The lowest BCUT2D eigenvalue weighted by Crippen LogP contribution is -2.17. The van der Waals surface area contributed by atoms with E-state index in [-0.39, 0.29) is 17.7 Å². The van der Waals surface area contributed by atoms with Crippen molar-refractivity contribution in [3.63, 3.8) is 0 Å². The van der Waals surface area contributed by atoms with E-state index in [1.165, 1.54) is 4.88 Å². The van der Waals surface area contributed by atoms with Crippen molar-refractivity contribution in [1.82, 2.24) is 4.98 Å². The van der Waals surface area contributed by atoms with Gasteiger partial charge in [0.2, 0.25) is 0 Å². The molecule has 0 spiro atoms. The average molecular weight is 303 g/mol. The molecule has 4 nitrogen and oxygen atoms in total. The number of carbonyl (C=O) groups excluding carboxylic acids is 2. The molecule has 1 N–H and O–H groups in total. The van der Waals surface area contributed by atoms with Crippen molar-refractivity contribution in [2.75, 3.05) is 6.61 Å². The maximum Gasteiger partial charge on any atom is 0.355 e. The van der Waals surface area contributed by atoms with Crippen LogP contribution in [0.1, 0.15) is 56.2 Å². The van der Waals surface area contributed by atoms with E-state index in [9.17, 15) is 9.59 Å². The van der Waals surface area contributed by atoms with E-state index < -0.39 is 0 Å². The number of hydrogen-bond acceptors (Lipinski definition) is 4. The number of thiophene rings is 1. The Bertz CT molecular complexity index is 685. The molecule has 0 amide bonds. The Hall–Kier alpha value is -1.88. The summed E-state index contributed by atoms with van der Waals surface area (Å²) in [7, 11) is 0. The van der Waals surface area contributed by atoms with Gasteiger partial charge in [0.25, 0.3) is 0 Å². The van der Waals surface area contributed by atoms with Crippen molar-refractivity contribution < 1.29 is 14.3 Å². The fourth-order valence-corrected chi connectivity index (χ4v) is 3.80. The third-order valence-electron chi connectivity index (χ3n) is 3.91. The van der Waals surface area contributed by atoms with Gasteiger partial charge in [-0.05, 0) is 37.3 Å². The molecule has 0 unspecified atom stereocenters. The van der Waals surface area contributed by atoms with E-state index in [4.69, 9.17) is 4.74 Å². The Morgan fingerprint density at radius 3 is 2.95 bits per heavy atom. The molecule has 2 heterocycles. The van der Waals surface area contributed by atoms with Crippen molar-refractivity contribution in [1.29, 1.82) is 0 Å². The Kier molecular flexibility index (Phi) is 3.68. The molecular formula is C16H17NO3S. The third kappa shape index (κ3) is 2.42. The lowest BCUT2D eigenvalue weighted by atomic mass is 9.84. The summed E-state index contributed by atoms with van der Waals surface area (Å²) in [5.74, 6) is -0.0677. The molecule has 0 fully saturated rings. The number of carbonyl (C=O) groups is 2. The molecule has 0 aliphatic heterocycles. The predicted octanol–water partition coefficient (Wildman–Crippen LogP) is 3.47. The normalized spacial score (nSPS) is 17.6. The first-order chi connectivity index (χ1) is 10.1. The van der Waals surface area contributed by atoms with Gasteiger partial charge < -0.3 is 9.72 Å². The van der Waals surface area contributed by atoms with Gasteiger partial charge in [0.05, 0.1) is 6.61 Å². The molecule has 21 heavy (non-hydrogen) atoms. The van der Waals surface area contributed by atoms with Crippen molar-refractivity contribution in [2.24, 2.45) is 0 Å². The average Bonchev–Trinajstić information content (AvgIpc) is 3.07. The summed E-state index contributed by atoms with van der Waals surface area (Å²) in [5.41, 5.74) is 2.69. The number of hydrogen-bond donors (Lipinski definition) is 1. The summed E-state index contributed by atoms with van der Waals surface area (Å²) in [4.78, 5) is 28.7. The van der Waals surface area contributed by atoms with Crippen molar-refractivity contribution >= 4 is 23.1 Å². The number of esters is 1. The van der Waals surface area contributed by atoms with Crippen LogP contribution in [0.3, 0.4) is 0 Å². The van der Waals surface area contributed by atoms with Crippen molar-refractivity contribution in [2.45, 2.75) is 32.6 Å². The molecule has 110 valence electrons. The molecule has 2 aromatic heterocycles. The highest BCUT2D eigenvalue weighted by atomic mass is 32.1. The molecule has 1 aliphatic rings. The number of fused-ring (bicyclic) bond motifs is 1. The SMILES string of the molecule is CCOC(=O)c1[nH]c2c(c1C)C(=O)C[C@H](c1cccs1)C2. The maximum atomic E-state index is 12.4. The lowest BCUT2D eigenvalue weighted by molar-refractivity contribution is 0.0519. The first-order valence-electron chi connectivity index (χ1n) is 7.07. The number of nitrogens with one attached hydrogen (secondary N) is 1. The molecule has 3 rings (SSSR count). The van der Waals surface area contributed by atoms with Crippen LogP contribution in [0.4, 0.5) is 0 Å². The summed E-state index contributed by atoms with van der Waals surface area (Å²) in [6.45, 7) is 3.91. The Balaban J connectivity index is 1.96. The van der Waals surface area contributed by atoms with Gasteiger partial charge in [0, 0.05) is 28.5 Å². The molecule has 2 aromatic rings. The van der Waals surface area contributed by atoms with Crippen LogP contribution >= 0.6 is 11.3 Å². The van der Waals surface area contributed by atoms with Gasteiger partial charge in [0.1, 0.15) is 5.69 Å². The highest BCUT2D eigenvalue weighted by molar-refractivity contribution is 7.10. The van der Waals surface area contributed by atoms with Crippen LogP contribution in [0.5, 0.6) is 0 Å². The van der Waals surface area contributed by atoms with Crippen molar-refractivity contribution in [3.8, 4) is 0 Å². The number of rotatable bonds is 3. The number of aromatic nitrogens is 1. The molecule has 1 aliphatic carbocycles. The first-order valence-corrected chi connectivity index (χ1v) is 7.95. The second-order valence-electron chi connectivity index (χ2n) is 5.24. The zero-order valence-corrected chi connectivity index (χ0v) is 12.9. The number of ether oxygens (including phenoxy) is 1. The number of ketones is 1. The summed E-state index contributed by atoms with van der Waals surface area (Å²) < 4.78 is 5.04. The van der Waals surface area contributed by atoms with Gasteiger partial charge in [-0.2, -0.15) is 0 Å². The second-order valence-corrected chi connectivity index (χ2v) is 6.22. The quantitative estimate of drug-likeness (QED) is 0.883. The largest absolute Gasteiger partial charge is 0.461 e. The van der Waals surface area contributed by atoms with Gasteiger partial charge in [0.15, 0.2) is 5.78 Å². The fraction of sp³-hybridized carbons (Fsp3) is 0.375. The van der Waals surface area contributed by atoms with Crippen LogP contribution in [-0.2, 0) is 11.2 Å². The first kappa shape index (κ1) is 14.1. The minimum Gasteiger partial charge on any atom is -0.461 e. The summed E-state index contributed by atoms with van der Waals surface area (Å²) in [6, 6.07) is 4.07. The van der Waals surface area contributed by atoms with E-state index in [1.807, 2.05) is 18.4 Å². The third-order valence-corrected chi connectivity index (χ3v) is 4.95. The molecule has 0 aromatic carbocycles. The number of Topliss-reactive ketones (excluding diaryl/α,β-unsaturated/α-hetero) is 1. The molecule has 0 saturated heterocycles. The smallest absolute Gasteiger partial charge is 0.355 e. The summed E-state index contributed by atoms with van der Waals surface area (Å²) in [5, 5.41) is 2.03. The zero-order valence-electron chi connectivity index (χ0n) is 12.1. The van der Waals surface area contributed by atoms with Gasteiger partial charge in [-0.25, -0.2) is 4.79 Å². The van der Waals surface area contributed by atoms with Gasteiger partial charge in [-0.3, -0.25) is 4.79 Å². The second kappa shape index (κ2) is 5.48. The maximum absolute atomic E-state index is 12.4. The molecular weight excluding hydrogens is 286 g/mol. The van der Waals surface area contributed by atoms with Crippen molar-refractivity contribution in [3.05, 3.63) is 44.9 Å². The monoisotopic (exact) mass is 303 g/mol. The zero-order chi connectivity index (χ0) is 15.0. The standard InChI is InChI=1S/C16H17NO3S/c1-3-20-16(19)15-9(2)14-11(17-15)7-10(8-12(14)18)13-5-4-6-21-13/h4-6,10,17H,3,7-8H2,1-2H3/t10-/m1/s1. The van der Waals surface area contributed by atoms with Crippen LogP contribution < -0.4 is 0 Å². The summed E-state index contributed by atoms with van der Waals surface area (Å²) in [6.07, 6.45) is 1.27. The lowest BCUT2D eigenvalue weighted by Gasteiger charge is -2.20. The van der Waals surface area contributed by atoms with E-state index in [0.29, 0.717) is 24.3 Å². The van der Waals surface area contributed by atoms with Gasteiger partial charge >= 0.3 is 5.97 Å². The van der Waals surface area contributed by atoms with Crippen LogP contribution in [-0.4, -0.2) is 23.3 Å². The van der Waals surface area contributed by atoms with Crippen LogP contribution in [0.2, 0.25) is 0 Å². The molecule has 0 bridgehead atoms. The van der Waals surface area contributed by atoms with Crippen LogP contribution in [0.25, 0.3) is 0 Å². The molecule has 1 atom stereocenters. The molecule has 5 heteroatoms. The topological polar surface area (TPSA) is 59.2 Å². The van der Waals surface area contributed by atoms with E-state index in [1.54, 1.807) is 18.3 Å². The predicted molar refractivity (Wildman–Crippen MR) is 81.2 cm³/mol. The van der Waals surface area contributed by atoms with E-state index >= 15 is 0 Å². The Morgan fingerprint density at radius 1 is 1.48 bits per heavy atom.